The van der Waals surface area contributed by atoms with Gasteiger partial charge in [-0.1, -0.05) is 42.5 Å². The normalized spacial score (nSPS) is 19.7. The Bertz CT molecular complexity index is 905. The Labute approximate surface area is 170 Å². The molecule has 0 saturated carbocycles. The maximum atomic E-state index is 12.7. The van der Waals surface area contributed by atoms with Gasteiger partial charge in [-0.15, -0.1) is 0 Å². The lowest BCUT2D eigenvalue weighted by molar-refractivity contribution is -0.132. The summed E-state index contributed by atoms with van der Waals surface area (Å²) < 4.78 is 0. The first-order valence-corrected chi connectivity index (χ1v) is 10.2. The van der Waals surface area contributed by atoms with E-state index in [4.69, 9.17) is 0 Å². The van der Waals surface area contributed by atoms with Crippen LogP contribution in [0.5, 0.6) is 0 Å². The molecular formula is C23H25N3O3. The fourth-order valence-corrected chi connectivity index (χ4v) is 4.13. The fraction of sp³-hybridized carbons (Fsp3) is 0.348. The van der Waals surface area contributed by atoms with Crippen LogP contribution < -0.4 is 10.6 Å². The molecule has 1 unspecified atom stereocenters. The molecule has 2 N–H and O–H groups in total. The Morgan fingerprint density at radius 2 is 1.66 bits per heavy atom. The third-order valence-electron chi connectivity index (χ3n) is 5.82. The molecule has 1 fully saturated rings. The summed E-state index contributed by atoms with van der Waals surface area (Å²) in [5, 5.41) is 5.53. The van der Waals surface area contributed by atoms with Crippen molar-refractivity contribution in [3.8, 4) is 0 Å². The monoisotopic (exact) mass is 391 g/mol. The van der Waals surface area contributed by atoms with Gasteiger partial charge in [-0.3, -0.25) is 14.4 Å². The van der Waals surface area contributed by atoms with Crippen LogP contribution in [0, 0.1) is 0 Å². The number of rotatable bonds is 4. The van der Waals surface area contributed by atoms with Crippen molar-refractivity contribution < 1.29 is 14.4 Å². The van der Waals surface area contributed by atoms with E-state index in [2.05, 4.69) is 34.9 Å². The van der Waals surface area contributed by atoms with Crippen LogP contribution in [0.3, 0.4) is 0 Å². The molecule has 4 rings (SSSR count). The van der Waals surface area contributed by atoms with E-state index in [0.717, 1.165) is 25.9 Å². The minimum atomic E-state index is -0.708. The van der Waals surface area contributed by atoms with Gasteiger partial charge in [0.1, 0.15) is 6.04 Å². The van der Waals surface area contributed by atoms with Crippen LogP contribution in [0.2, 0.25) is 0 Å². The number of piperidine rings is 1. The Morgan fingerprint density at radius 1 is 0.966 bits per heavy atom. The summed E-state index contributed by atoms with van der Waals surface area (Å²) in [5.74, 6) is -0.0371. The molecule has 3 amide bonds. The van der Waals surface area contributed by atoms with Crippen molar-refractivity contribution in [3.05, 3.63) is 65.7 Å². The van der Waals surface area contributed by atoms with Crippen molar-refractivity contribution in [2.24, 2.45) is 0 Å². The SMILES string of the molecule is O=C1NC(CCC(=O)N2CCC(c3ccccc3)CC2)C(=O)Nc2ccccc21. The van der Waals surface area contributed by atoms with Crippen molar-refractivity contribution in [2.45, 2.75) is 37.6 Å². The number of hydrogen-bond donors (Lipinski definition) is 2. The molecule has 2 aliphatic heterocycles. The van der Waals surface area contributed by atoms with E-state index in [1.54, 1.807) is 24.3 Å². The molecule has 0 aromatic heterocycles. The fourth-order valence-electron chi connectivity index (χ4n) is 4.13. The van der Waals surface area contributed by atoms with Crippen LogP contribution in [0.15, 0.2) is 54.6 Å². The predicted octanol–water partition coefficient (Wildman–Crippen LogP) is 2.92. The summed E-state index contributed by atoms with van der Waals surface area (Å²) in [6.07, 6.45) is 2.44. The van der Waals surface area contributed by atoms with Crippen LogP contribution in [-0.2, 0) is 9.59 Å². The molecule has 1 saturated heterocycles. The van der Waals surface area contributed by atoms with Crippen molar-refractivity contribution in [3.63, 3.8) is 0 Å². The minimum absolute atomic E-state index is 0.0420. The van der Waals surface area contributed by atoms with Crippen LogP contribution in [0.1, 0.15) is 47.5 Å². The van der Waals surface area contributed by atoms with Gasteiger partial charge >= 0.3 is 0 Å². The molecule has 1 atom stereocenters. The number of hydrogen-bond acceptors (Lipinski definition) is 3. The largest absolute Gasteiger partial charge is 0.343 e. The van der Waals surface area contributed by atoms with Gasteiger partial charge in [0.2, 0.25) is 11.8 Å². The summed E-state index contributed by atoms with van der Waals surface area (Å²) in [6.45, 7) is 1.46. The second-order valence-corrected chi connectivity index (χ2v) is 7.67. The zero-order valence-electron chi connectivity index (χ0n) is 16.3. The third kappa shape index (κ3) is 4.31. The molecule has 0 bridgehead atoms. The second kappa shape index (κ2) is 8.47. The average Bonchev–Trinajstić information content (AvgIpc) is 2.88. The minimum Gasteiger partial charge on any atom is -0.343 e. The van der Waals surface area contributed by atoms with Crippen LogP contribution in [0.25, 0.3) is 0 Å². The first-order chi connectivity index (χ1) is 14.1. The lowest BCUT2D eigenvalue weighted by Crippen LogP contribution is -2.43. The van der Waals surface area contributed by atoms with E-state index in [0.29, 0.717) is 23.6 Å². The molecule has 0 radical (unpaired) electrons. The highest BCUT2D eigenvalue weighted by Gasteiger charge is 2.29. The zero-order valence-corrected chi connectivity index (χ0v) is 16.3. The second-order valence-electron chi connectivity index (χ2n) is 7.67. The number of para-hydroxylation sites is 1. The van der Waals surface area contributed by atoms with Crippen LogP contribution >= 0.6 is 0 Å². The molecule has 2 aliphatic rings. The van der Waals surface area contributed by atoms with Crippen molar-refractivity contribution in [1.29, 1.82) is 0 Å². The summed E-state index contributed by atoms with van der Waals surface area (Å²) in [7, 11) is 0. The highest BCUT2D eigenvalue weighted by molar-refractivity contribution is 6.09. The van der Waals surface area contributed by atoms with Crippen molar-refractivity contribution >= 4 is 23.4 Å². The van der Waals surface area contributed by atoms with E-state index < -0.39 is 6.04 Å². The van der Waals surface area contributed by atoms with Crippen molar-refractivity contribution in [2.75, 3.05) is 18.4 Å². The molecule has 6 nitrogen and oxygen atoms in total. The van der Waals surface area contributed by atoms with Gasteiger partial charge in [-0.2, -0.15) is 0 Å². The Kier molecular flexibility index (Phi) is 5.60. The summed E-state index contributed by atoms with van der Waals surface area (Å²) in [5.41, 5.74) is 2.28. The standard InChI is InChI=1S/C23H25N3O3/c27-21(26-14-12-17(13-15-26)16-6-2-1-3-7-16)11-10-20-23(29)24-19-9-5-4-8-18(19)22(28)25-20/h1-9,17,20H,10-15H2,(H,24,29)(H,25,28). The Balaban J connectivity index is 1.30. The quantitative estimate of drug-likeness (QED) is 0.841. The molecule has 2 heterocycles. The summed E-state index contributed by atoms with van der Waals surface area (Å²) >= 11 is 0. The number of benzene rings is 2. The van der Waals surface area contributed by atoms with Crippen LogP contribution in [-0.4, -0.2) is 41.8 Å². The zero-order chi connectivity index (χ0) is 20.2. The average molecular weight is 391 g/mol. The third-order valence-corrected chi connectivity index (χ3v) is 5.82. The van der Waals surface area contributed by atoms with E-state index in [1.807, 2.05) is 11.0 Å². The highest BCUT2D eigenvalue weighted by atomic mass is 16.2. The van der Waals surface area contributed by atoms with Gasteiger partial charge in [-0.05, 0) is 42.9 Å². The van der Waals surface area contributed by atoms with Crippen molar-refractivity contribution in [1.82, 2.24) is 10.2 Å². The number of carbonyl (C=O) groups is 3. The summed E-state index contributed by atoms with van der Waals surface area (Å²) in [6, 6.07) is 16.6. The van der Waals surface area contributed by atoms with Gasteiger partial charge in [0.15, 0.2) is 0 Å². The molecule has 0 aliphatic carbocycles. The van der Waals surface area contributed by atoms with Crippen LogP contribution in [0.4, 0.5) is 5.69 Å². The Hall–Kier alpha value is -3.15. The van der Waals surface area contributed by atoms with Gasteiger partial charge in [0.05, 0.1) is 11.3 Å². The molecule has 6 heteroatoms. The number of amides is 3. The molecule has 29 heavy (non-hydrogen) atoms. The number of fused-ring (bicyclic) bond motifs is 1. The topological polar surface area (TPSA) is 78.5 Å². The number of likely N-dealkylation sites (tertiary alicyclic amines) is 1. The smallest absolute Gasteiger partial charge is 0.254 e. The number of anilines is 1. The van der Waals surface area contributed by atoms with E-state index in [9.17, 15) is 14.4 Å². The molecular weight excluding hydrogens is 366 g/mol. The first kappa shape index (κ1) is 19.2. The molecule has 150 valence electrons. The highest BCUT2D eigenvalue weighted by Crippen LogP contribution is 2.28. The lowest BCUT2D eigenvalue weighted by Gasteiger charge is -2.32. The first-order valence-electron chi connectivity index (χ1n) is 10.2. The number of nitrogens with one attached hydrogen (secondary N) is 2. The van der Waals surface area contributed by atoms with Gasteiger partial charge in [-0.25, -0.2) is 0 Å². The molecule has 2 aromatic carbocycles. The predicted molar refractivity (Wildman–Crippen MR) is 111 cm³/mol. The Morgan fingerprint density at radius 3 is 2.41 bits per heavy atom. The number of nitrogens with zero attached hydrogens (tertiary/aromatic N) is 1. The van der Waals surface area contributed by atoms with Gasteiger partial charge in [0.25, 0.3) is 5.91 Å². The summed E-state index contributed by atoms with van der Waals surface area (Å²) in [4.78, 5) is 39.4. The van der Waals surface area contributed by atoms with Gasteiger partial charge < -0.3 is 15.5 Å². The van der Waals surface area contributed by atoms with E-state index in [-0.39, 0.29) is 24.1 Å². The maximum Gasteiger partial charge on any atom is 0.254 e. The van der Waals surface area contributed by atoms with E-state index in [1.165, 1.54) is 5.56 Å². The number of carbonyl (C=O) groups excluding carboxylic acids is 3. The maximum absolute atomic E-state index is 12.7. The van der Waals surface area contributed by atoms with E-state index >= 15 is 0 Å². The van der Waals surface area contributed by atoms with Gasteiger partial charge in [0, 0.05) is 19.5 Å². The molecule has 0 spiro atoms. The lowest BCUT2D eigenvalue weighted by atomic mass is 9.89. The molecule has 2 aromatic rings.